The molecule has 0 saturated carbocycles. The highest BCUT2D eigenvalue weighted by Gasteiger charge is 2.12. The van der Waals surface area contributed by atoms with Crippen molar-refractivity contribution in [3.8, 4) is 11.4 Å². The van der Waals surface area contributed by atoms with Crippen LogP contribution < -0.4 is 5.32 Å². The summed E-state index contributed by atoms with van der Waals surface area (Å²) in [6.07, 6.45) is 2.40. The van der Waals surface area contributed by atoms with Gasteiger partial charge in [-0.25, -0.2) is 9.97 Å². The number of aryl methyl sites for hydroxylation is 1. The van der Waals surface area contributed by atoms with Crippen LogP contribution in [0.15, 0.2) is 66.9 Å². The fourth-order valence-electron chi connectivity index (χ4n) is 2.48. The first-order chi connectivity index (χ1) is 11.7. The maximum Gasteiger partial charge on any atom is 0.254 e. The number of aromatic nitrogens is 2. The zero-order valence-corrected chi connectivity index (χ0v) is 13.6. The molecule has 4 heteroatoms. The predicted octanol–water partition coefficient (Wildman–Crippen LogP) is 3.42. The summed E-state index contributed by atoms with van der Waals surface area (Å²) in [5, 5.41) is 2.93. The molecular weight excluding hydrogens is 298 g/mol. The topological polar surface area (TPSA) is 54.9 Å². The van der Waals surface area contributed by atoms with Crippen molar-refractivity contribution in [1.82, 2.24) is 15.3 Å². The molecule has 3 rings (SSSR count). The van der Waals surface area contributed by atoms with Gasteiger partial charge < -0.3 is 5.32 Å². The first kappa shape index (κ1) is 15.9. The molecule has 4 nitrogen and oxygen atoms in total. The molecule has 1 heterocycles. The third-order valence-electron chi connectivity index (χ3n) is 3.80. The van der Waals surface area contributed by atoms with Crippen molar-refractivity contribution in [3.05, 3.63) is 83.7 Å². The number of benzene rings is 2. The second-order valence-electron chi connectivity index (χ2n) is 5.55. The van der Waals surface area contributed by atoms with Gasteiger partial charge in [-0.3, -0.25) is 4.79 Å². The summed E-state index contributed by atoms with van der Waals surface area (Å²) in [6, 6.07) is 19.8. The molecule has 0 radical (unpaired) electrons. The predicted molar refractivity (Wildman–Crippen MR) is 94.7 cm³/mol. The van der Waals surface area contributed by atoms with Crippen LogP contribution in [0.4, 0.5) is 0 Å². The largest absolute Gasteiger partial charge is 0.352 e. The monoisotopic (exact) mass is 317 g/mol. The van der Waals surface area contributed by atoms with E-state index in [0.29, 0.717) is 23.6 Å². The quantitative estimate of drug-likeness (QED) is 0.784. The SMILES string of the molecule is Cc1nc(-c2ccccc2)ncc1C(=O)NCCc1ccccc1. The van der Waals surface area contributed by atoms with E-state index in [1.54, 1.807) is 6.20 Å². The van der Waals surface area contributed by atoms with Gasteiger partial charge in [0, 0.05) is 18.3 Å². The molecule has 0 spiro atoms. The third kappa shape index (κ3) is 3.84. The fourth-order valence-corrected chi connectivity index (χ4v) is 2.48. The minimum absolute atomic E-state index is 0.136. The Kier molecular flexibility index (Phi) is 4.96. The highest BCUT2D eigenvalue weighted by Crippen LogP contribution is 2.15. The van der Waals surface area contributed by atoms with Crippen LogP contribution in [0, 0.1) is 6.92 Å². The van der Waals surface area contributed by atoms with E-state index >= 15 is 0 Å². The van der Waals surface area contributed by atoms with Gasteiger partial charge in [-0.1, -0.05) is 60.7 Å². The number of hydrogen-bond acceptors (Lipinski definition) is 3. The summed E-state index contributed by atoms with van der Waals surface area (Å²) in [7, 11) is 0. The Morgan fingerprint density at radius 1 is 1.00 bits per heavy atom. The Labute approximate surface area is 141 Å². The van der Waals surface area contributed by atoms with Crippen molar-refractivity contribution in [2.24, 2.45) is 0 Å². The molecule has 1 amide bonds. The lowest BCUT2D eigenvalue weighted by Crippen LogP contribution is -2.26. The molecular formula is C20H19N3O. The fraction of sp³-hybridized carbons (Fsp3) is 0.150. The highest BCUT2D eigenvalue weighted by molar-refractivity contribution is 5.95. The van der Waals surface area contributed by atoms with E-state index in [1.807, 2.05) is 55.5 Å². The molecule has 120 valence electrons. The maximum atomic E-state index is 12.3. The molecule has 1 N–H and O–H groups in total. The second kappa shape index (κ2) is 7.51. The Bertz CT molecular complexity index is 817. The van der Waals surface area contributed by atoms with Gasteiger partial charge in [0.05, 0.1) is 11.3 Å². The minimum Gasteiger partial charge on any atom is -0.352 e. The van der Waals surface area contributed by atoms with Crippen LogP contribution in [0.25, 0.3) is 11.4 Å². The third-order valence-corrected chi connectivity index (χ3v) is 3.80. The lowest BCUT2D eigenvalue weighted by Gasteiger charge is -2.08. The molecule has 0 atom stereocenters. The van der Waals surface area contributed by atoms with Gasteiger partial charge in [0.25, 0.3) is 5.91 Å². The standard InChI is InChI=1S/C20H19N3O/c1-15-18(14-22-19(23-15)17-10-6-3-7-11-17)20(24)21-13-12-16-8-4-2-5-9-16/h2-11,14H,12-13H2,1H3,(H,21,24). The average Bonchev–Trinajstić information content (AvgIpc) is 2.63. The number of nitrogens with one attached hydrogen (secondary N) is 1. The zero-order valence-electron chi connectivity index (χ0n) is 13.6. The van der Waals surface area contributed by atoms with Gasteiger partial charge in [-0.2, -0.15) is 0 Å². The van der Waals surface area contributed by atoms with E-state index in [2.05, 4.69) is 27.4 Å². The first-order valence-electron chi connectivity index (χ1n) is 7.95. The molecule has 0 fully saturated rings. The molecule has 0 aliphatic heterocycles. The smallest absolute Gasteiger partial charge is 0.254 e. The van der Waals surface area contributed by atoms with Crippen molar-refractivity contribution in [2.45, 2.75) is 13.3 Å². The summed E-state index contributed by atoms with van der Waals surface area (Å²) < 4.78 is 0. The van der Waals surface area contributed by atoms with Crippen LogP contribution in [0.1, 0.15) is 21.6 Å². The van der Waals surface area contributed by atoms with Crippen LogP contribution in [-0.2, 0) is 6.42 Å². The van der Waals surface area contributed by atoms with Gasteiger partial charge in [0.1, 0.15) is 0 Å². The van der Waals surface area contributed by atoms with Crippen LogP contribution in [-0.4, -0.2) is 22.4 Å². The number of amides is 1. The van der Waals surface area contributed by atoms with Gasteiger partial charge in [0.2, 0.25) is 0 Å². The van der Waals surface area contributed by atoms with Gasteiger partial charge in [-0.15, -0.1) is 0 Å². The van der Waals surface area contributed by atoms with Crippen molar-refractivity contribution in [2.75, 3.05) is 6.54 Å². The summed E-state index contributed by atoms with van der Waals surface area (Å²) >= 11 is 0. The Morgan fingerprint density at radius 3 is 2.33 bits per heavy atom. The van der Waals surface area contributed by atoms with Gasteiger partial charge in [-0.05, 0) is 18.9 Å². The van der Waals surface area contributed by atoms with Gasteiger partial charge >= 0.3 is 0 Å². The van der Waals surface area contributed by atoms with E-state index < -0.39 is 0 Å². The van der Waals surface area contributed by atoms with Crippen LogP contribution >= 0.6 is 0 Å². The molecule has 2 aromatic carbocycles. The Morgan fingerprint density at radius 2 is 1.67 bits per heavy atom. The highest BCUT2D eigenvalue weighted by atomic mass is 16.1. The molecule has 0 bridgehead atoms. The molecule has 1 aromatic heterocycles. The lowest BCUT2D eigenvalue weighted by atomic mass is 10.1. The van der Waals surface area contributed by atoms with Crippen LogP contribution in [0.3, 0.4) is 0 Å². The molecule has 24 heavy (non-hydrogen) atoms. The normalized spacial score (nSPS) is 10.4. The number of carbonyl (C=O) groups excluding carboxylic acids is 1. The molecule has 0 aliphatic carbocycles. The first-order valence-corrected chi connectivity index (χ1v) is 7.95. The van der Waals surface area contributed by atoms with Crippen molar-refractivity contribution >= 4 is 5.91 Å². The van der Waals surface area contributed by atoms with Crippen molar-refractivity contribution < 1.29 is 4.79 Å². The number of nitrogens with zero attached hydrogens (tertiary/aromatic N) is 2. The Hall–Kier alpha value is -3.01. The second-order valence-corrected chi connectivity index (χ2v) is 5.55. The van der Waals surface area contributed by atoms with Crippen molar-refractivity contribution in [1.29, 1.82) is 0 Å². The summed E-state index contributed by atoms with van der Waals surface area (Å²) in [4.78, 5) is 21.1. The summed E-state index contributed by atoms with van der Waals surface area (Å²) in [6.45, 7) is 2.42. The van der Waals surface area contributed by atoms with Crippen molar-refractivity contribution in [3.63, 3.8) is 0 Å². The lowest BCUT2D eigenvalue weighted by molar-refractivity contribution is 0.0952. The minimum atomic E-state index is -0.136. The number of rotatable bonds is 5. The van der Waals surface area contributed by atoms with E-state index in [-0.39, 0.29) is 5.91 Å². The number of carbonyl (C=O) groups is 1. The van der Waals surface area contributed by atoms with Crippen LogP contribution in [0.5, 0.6) is 0 Å². The van der Waals surface area contributed by atoms with E-state index in [4.69, 9.17) is 0 Å². The van der Waals surface area contributed by atoms with E-state index in [0.717, 1.165) is 12.0 Å². The summed E-state index contributed by atoms with van der Waals surface area (Å²) in [5.41, 5.74) is 3.34. The van der Waals surface area contributed by atoms with E-state index in [9.17, 15) is 4.79 Å². The van der Waals surface area contributed by atoms with Gasteiger partial charge in [0.15, 0.2) is 5.82 Å². The maximum absolute atomic E-state index is 12.3. The molecule has 0 unspecified atom stereocenters. The average molecular weight is 317 g/mol. The van der Waals surface area contributed by atoms with Crippen LogP contribution in [0.2, 0.25) is 0 Å². The molecule has 0 aliphatic rings. The number of hydrogen-bond donors (Lipinski definition) is 1. The Balaban J connectivity index is 1.65. The summed E-state index contributed by atoms with van der Waals surface area (Å²) in [5.74, 6) is 0.497. The molecule has 3 aromatic rings. The van der Waals surface area contributed by atoms with E-state index in [1.165, 1.54) is 5.56 Å². The molecule has 0 saturated heterocycles. The zero-order chi connectivity index (χ0) is 16.8.